The number of benzene rings is 1. The first-order chi connectivity index (χ1) is 7.20. The Bertz CT molecular complexity index is 389. The van der Waals surface area contributed by atoms with Crippen molar-refractivity contribution >= 4 is 5.97 Å². The van der Waals surface area contributed by atoms with Gasteiger partial charge in [0.25, 0.3) is 0 Å². The van der Waals surface area contributed by atoms with Gasteiger partial charge in [0.1, 0.15) is 11.6 Å². The smallest absolute Gasteiger partial charge is 0.347 e. The molecule has 1 aromatic carbocycles. The SMILES string of the molecule is COC(=O)[C@H]1CCc2cc(F)ccc2O1. The average Bonchev–Trinajstić information content (AvgIpc) is 2.27. The van der Waals surface area contributed by atoms with E-state index in [-0.39, 0.29) is 11.8 Å². The van der Waals surface area contributed by atoms with E-state index >= 15 is 0 Å². The van der Waals surface area contributed by atoms with E-state index in [0.29, 0.717) is 18.6 Å². The Balaban J connectivity index is 2.20. The molecule has 0 aromatic heterocycles. The van der Waals surface area contributed by atoms with Crippen molar-refractivity contribution in [2.75, 3.05) is 7.11 Å². The van der Waals surface area contributed by atoms with Crippen LogP contribution in [0, 0.1) is 5.82 Å². The summed E-state index contributed by atoms with van der Waals surface area (Å²) in [6.45, 7) is 0. The minimum Gasteiger partial charge on any atom is -0.478 e. The summed E-state index contributed by atoms with van der Waals surface area (Å²) in [6, 6.07) is 4.29. The quantitative estimate of drug-likeness (QED) is 0.662. The first kappa shape index (κ1) is 9.96. The minimum absolute atomic E-state index is 0.283. The molecule has 1 aromatic rings. The standard InChI is InChI=1S/C11H11FO3/c1-14-11(13)10-4-2-7-6-8(12)3-5-9(7)15-10/h3,5-6,10H,2,4H2,1H3/t10-/m1/s1. The maximum atomic E-state index is 12.9. The summed E-state index contributed by atoms with van der Waals surface area (Å²) in [7, 11) is 1.33. The molecular weight excluding hydrogens is 199 g/mol. The van der Waals surface area contributed by atoms with Crippen LogP contribution in [-0.4, -0.2) is 19.2 Å². The van der Waals surface area contributed by atoms with Crippen LogP contribution in [0.15, 0.2) is 18.2 Å². The molecule has 0 saturated heterocycles. The third-order valence-corrected chi connectivity index (χ3v) is 2.43. The van der Waals surface area contributed by atoms with E-state index in [4.69, 9.17) is 4.74 Å². The molecule has 1 aliphatic heterocycles. The highest BCUT2D eigenvalue weighted by Crippen LogP contribution is 2.28. The van der Waals surface area contributed by atoms with Gasteiger partial charge in [-0.1, -0.05) is 0 Å². The topological polar surface area (TPSA) is 35.5 Å². The van der Waals surface area contributed by atoms with E-state index in [1.54, 1.807) is 6.07 Å². The molecule has 0 bridgehead atoms. The number of rotatable bonds is 1. The fraction of sp³-hybridized carbons (Fsp3) is 0.364. The molecule has 1 heterocycles. The summed E-state index contributed by atoms with van der Waals surface area (Å²) in [5, 5.41) is 0. The number of fused-ring (bicyclic) bond motifs is 1. The number of carbonyl (C=O) groups is 1. The summed E-state index contributed by atoms with van der Waals surface area (Å²) in [4.78, 5) is 11.2. The number of halogens is 1. The van der Waals surface area contributed by atoms with Gasteiger partial charge in [-0.25, -0.2) is 9.18 Å². The zero-order chi connectivity index (χ0) is 10.8. The molecule has 0 aliphatic carbocycles. The second kappa shape index (κ2) is 3.88. The monoisotopic (exact) mass is 210 g/mol. The molecule has 1 atom stereocenters. The van der Waals surface area contributed by atoms with Crippen molar-refractivity contribution < 1.29 is 18.7 Å². The molecule has 80 valence electrons. The predicted octanol–water partition coefficient (Wildman–Crippen LogP) is 1.69. The zero-order valence-corrected chi connectivity index (χ0v) is 8.33. The van der Waals surface area contributed by atoms with Crippen LogP contribution in [0.25, 0.3) is 0 Å². The molecule has 0 radical (unpaired) electrons. The van der Waals surface area contributed by atoms with Crippen molar-refractivity contribution in [3.05, 3.63) is 29.6 Å². The largest absolute Gasteiger partial charge is 0.478 e. The molecule has 0 amide bonds. The number of aryl methyl sites for hydroxylation is 1. The molecule has 0 unspecified atom stereocenters. The van der Waals surface area contributed by atoms with Crippen molar-refractivity contribution in [3.63, 3.8) is 0 Å². The van der Waals surface area contributed by atoms with Crippen LogP contribution in [0.2, 0.25) is 0 Å². The van der Waals surface area contributed by atoms with E-state index in [2.05, 4.69) is 4.74 Å². The van der Waals surface area contributed by atoms with Gasteiger partial charge in [0.15, 0.2) is 6.10 Å². The highest BCUT2D eigenvalue weighted by molar-refractivity contribution is 5.75. The maximum absolute atomic E-state index is 12.9. The Morgan fingerprint density at radius 3 is 3.13 bits per heavy atom. The first-order valence-corrected chi connectivity index (χ1v) is 4.73. The lowest BCUT2D eigenvalue weighted by atomic mass is 10.0. The lowest BCUT2D eigenvalue weighted by Gasteiger charge is -2.23. The Morgan fingerprint density at radius 2 is 2.40 bits per heavy atom. The van der Waals surface area contributed by atoms with Crippen LogP contribution in [0.4, 0.5) is 4.39 Å². The molecule has 0 spiro atoms. The maximum Gasteiger partial charge on any atom is 0.347 e. The number of ether oxygens (including phenoxy) is 2. The van der Waals surface area contributed by atoms with Gasteiger partial charge in [-0.3, -0.25) is 0 Å². The van der Waals surface area contributed by atoms with E-state index < -0.39 is 6.10 Å². The lowest BCUT2D eigenvalue weighted by molar-refractivity contribution is -0.149. The summed E-state index contributed by atoms with van der Waals surface area (Å²) >= 11 is 0. The number of esters is 1. The van der Waals surface area contributed by atoms with Crippen molar-refractivity contribution in [2.24, 2.45) is 0 Å². The van der Waals surface area contributed by atoms with Crippen molar-refractivity contribution in [2.45, 2.75) is 18.9 Å². The molecule has 4 heteroatoms. The van der Waals surface area contributed by atoms with Gasteiger partial charge >= 0.3 is 5.97 Å². The Kier molecular flexibility index (Phi) is 2.58. The Labute approximate surface area is 86.8 Å². The van der Waals surface area contributed by atoms with Gasteiger partial charge < -0.3 is 9.47 Å². The normalized spacial score (nSPS) is 18.9. The Morgan fingerprint density at radius 1 is 1.60 bits per heavy atom. The highest BCUT2D eigenvalue weighted by atomic mass is 19.1. The van der Waals surface area contributed by atoms with Gasteiger partial charge in [0.05, 0.1) is 7.11 Å². The third kappa shape index (κ3) is 1.93. The van der Waals surface area contributed by atoms with E-state index in [1.165, 1.54) is 19.2 Å². The van der Waals surface area contributed by atoms with Gasteiger partial charge in [-0.2, -0.15) is 0 Å². The van der Waals surface area contributed by atoms with Crippen LogP contribution in [-0.2, 0) is 16.0 Å². The molecule has 0 saturated carbocycles. The molecule has 3 nitrogen and oxygen atoms in total. The Hall–Kier alpha value is -1.58. The van der Waals surface area contributed by atoms with Crippen LogP contribution in [0.3, 0.4) is 0 Å². The zero-order valence-electron chi connectivity index (χ0n) is 8.33. The van der Waals surface area contributed by atoms with Crippen molar-refractivity contribution in [3.8, 4) is 5.75 Å². The van der Waals surface area contributed by atoms with Gasteiger partial charge in [-0.05, 0) is 36.6 Å². The van der Waals surface area contributed by atoms with Crippen LogP contribution in [0.5, 0.6) is 5.75 Å². The molecule has 1 aliphatic rings. The summed E-state index contributed by atoms with van der Waals surface area (Å²) in [6.07, 6.45) is 0.601. The van der Waals surface area contributed by atoms with Gasteiger partial charge in [-0.15, -0.1) is 0 Å². The lowest BCUT2D eigenvalue weighted by Crippen LogP contribution is -2.32. The average molecular weight is 210 g/mol. The first-order valence-electron chi connectivity index (χ1n) is 4.73. The van der Waals surface area contributed by atoms with Crippen molar-refractivity contribution in [1.82, 2.24) is 0 Å². The molecule has 0 fully saturated rings. The number of hydrogen-bond acceptors (Lipinski definition) is 3. The summed E-state index contributed by atoms with van der Waals surface area (Å²) < 4.78 is 22.9. The fourth-order valence-electron chi connectivity index (χ4n) is 1.65. The van der Waals surface area contributed by atoms with E-state index in [0.717, 1.165) is 5.56 Å². The molecule has 0 N–H and O–H groups in total. The van der Waals surface area contributed by atoms with Crippen LogP contribution < -0.4 is 4.74 Å². The predicted molar refractivity (Wildman–Crippen MR) is 51.2 cm³/mol. The van der Waals surface area contributed by atoms with Gasteiger partial charge in [0, 0.05) is 0 Å². The molecular formula is C11H11FO3. The van der Waals surface area contributed by atoms with Crippen molar-refractivity contribution in [1.29, 1.82) is 0 Å². The summed E-state index contributed by atoms with van der Waals surface area (Å²) in [5.74, 6) is -0.100. The number of methoxy groups -OCH3 is 1. The molecule has 2 rings (SSSR count). The molecule has 15 heavy (non-hydrogen) atoms. The van der Waals surface area contributed by atoms with Crippen LogP contribution >= 0.6 is 0 Å². The van der Waals surface area contributed by atoms with E-state index in [9.17, 15) is 9.18 Å². The fourth-order valence-corrected chi connectivity index (χ4v) is 1.65. The third-order valence-electron chi connectivity index (χ3n) is 2.43. The number of carbonyl (C=O) groups excluding carboxylic acids is 1. The van der Waals surface area contributed by atoms with E-state index in [1.807, 2.05) is 0 Å². The van der Waals surface area contributed by atoms with Crippen LogP contribution in [0.1, 0.15) is 12.0 Å². The highest BCUT2D eigenvalue weighted by Gasteiger charge is 2.26. The van der Waals surface area contributed by atoms with Gasteiger partial charge in [0.2, 0.25) is 0 Å². The number of hydrogen-bond donors (Lipinski definition) is 0. The second-order valence-corrected chi connectivity index (χ2v) is 3.42. The minimum atomic E-state index is -0.562. The summed E-state index contributed by atoms with van der Waals surface area (Å²) in [5.41, 5.74) is 0.801. The second-order valence-electron chi connectivity index (χ2n) is 3.42.